The molecule has 1 aliphatic rings. The third-order valence-corrected chi connectivity index (χ3v) is 3.98. The number of hydrogen-bond acceptors (Lipinski definition) is 3. The van der Waals surface area contributed by atoms with Gasteiger partial charge >= 0.3 is 0 Å². The highest BCUT2D eigenvalue weighted by Crippen LogP contribution is 2.04. The van der Waals surface area contributed by atoms with Crippen molar-refractivity contribution in [2.24, 2.45) is 0 Å². The SMILES string of the molecule is CCCNCC(C)N1CCS(=O)CC1. The molecule has 0 saturated carbocycles. The van der Waals surface area contributed by atoms with Gasteiger partial charge in [0.25, 0.3) is 0 Å². The zero-order chi connectivity index (χ0) is 10.4. The molecule has 14 heavy (non-hydrogen) atoms. The van der Waals surface area contributed by atoms with E-state index in [4.69, 9.17) is 0 Å². The van der Waals surface area contributed by atoms with E-state index in [0.29, 0.717) is 6.04 Å². The molecule has 1 unspecified atom stereocenters. The Morgan fingerprint density at radius 2 is 2.07 bits per heavy atom. The fraction of sp³-hybridized carbons (Fsp3) is 1.00. The van der Waals surface area contributed by atoms with Gasteiger partial charge in [-0.15, -0.1) is 0 Å². The van der Waals surface area contributed by atoms with Gasteiger partial charge in [0.2, 0.25) is 0 Å². The third-order valence-electron chi connectivity index (χ3n) is 2.70. The van der Waals surface area contributed by atoms with Crippen molar-refractivity contribution in [3.05, 3.63) is 0 Å². The van der Waals surface area contributed by atoms with Gasteiger partial charge in [-0.2, -0.15) is 0 Å². The largest absolute Gasteiger partial charge is 0.315 e. The van der Waals surface area contributed by atoms with E-state index < -0.39 is 10.8 Å². The highest BCUT2D eigenvalue weighted by molar-refractivity contribution is 7.85. The lowest BCUT2D eigenvalue weighted by Gasteiger charge is -2.32. The highest BCUT2D eigenvalue weighted by Gasteiger charge is 2.19. The normalized spacial score (nSPS) is 22.4. The molecule has 0 aliphatic carbocycles. The summed E-state index contributed by atoms with van der Waals surface area (Å²) in [5.74, 6) is 1.72. The average Bonchev–Trinajstić information content (AvgIpc) is 2.19. The second-order valence-electron chi connectivity index (χ2n) is 3.94. The molecule has 4 heteroatoms. The molecule has 0 aromatic carbocycles. The van der Waals surface area contributed by atoms with Gasteiger partial charge in [0.15, 0.2) is 0 Å². The van der Waals surface area contributed by atoms with Crippen LogP contribution in [0.25, 0.3) is 0 Å². The molecule has 0 spiro atoms. The zero-order valence-corrected chi connectivity index (χ0v) is 10.1. The standard InChI is InChI=1S/C10H22N2OS/c1-3-4-11-9-10(2)12-5-7-14(13)8-6-12/h10-11H,3-9H2,1-2H3. The van der Waals surface area contributed by atoms with Crippen molar-refractivity contribution in [2.45, 2.75) is 26.3 Å². The lowest BCUT2D eigenvalue weighted by Crippen LogP contribution is -2.47. The van der Waals surface area contributed by atoms with Crippen LogP contribution in [0, 0.1) is 0 Å². The Morgan fingerprint density at radius 3 is 2.64 bits per heavy atom. The molecule has 1 N–H and O–H groups in total. The zero-order valence-electron chi connectivity index (χ0n) is 9.29. The maximum atomic E-state index is 11.2. The summed E-state index contributed by atoms with van der Waals surface area (Å²) >= 11 is 0. The van der Waals surface area contributed by atoms with Crippen LogP contribution in [-0.4, -0.2) is 52.8 Å². The predicted molar refractivity (Wildman–Crippen MR) is 62.1 cm³/mol. The minimum absolute atomic E-state index is 0.547. The van der Waals surface area contributed by atoms with E-state index in [9.17, 15) is 4.21 Å². The summed E-state index contributed by atoms with van der Waals surface area (Å²) in [7, 11) is -0.547. The molecule has 1 rings (SSSR count). The van der Waals surface area contributed by atoms with Crippen LogP contribution in [0.3, 0.4) is 0 Å². The number of rotatable bonds is 5. The van der Waals surface area contributed by atoms with Crippen molar-refractivity contribution in [3.63, 3.8) is 0 Å². The van der Waals surface area contributed by atoms with Crippen molar-refractivity contribution >= 4 is 10.8 Å². The monoisotopic (exact) mass is 218 g/mol. The third kappa shape index (κ3) is 4.07. The Kier molecular flexibility index (Phi) is 5.67. The Labute approximate surface area is 89.7 Å². The quantitative estimate of drug-likeness (QED) is 0.680. The van der Waals surface area contributed by atoms with E-state index in [0.717, 1.165) is 37.7 Å². The van der Waals surface area contributed by atoms with Crippen LogP contribution in [0.15, 0.2) is 0 Å². The lowest BCUT2D eigenvalue weighted by atomic mass is 10.2. The van der Waals surface area contributed by atoms with Gasteiger partial charge in [-0.05, 0) is 19.9 Å². The van der Waals surface area contributed by atoms with Crippen LogP contribution in [0.2, 0.25) is 0 Å². The van der Waals surface area contributed by atoms with E-state index >= 15 is 0 Å². The second kappa shape index (κ2) is 6.53. The minimum Gasteiger partial charge on any atom is -0.315 e. The summed E-state index contributed by atoms with van der Waals surface area (Å²) in [5, 5.41) is 3.43. The Hall–Kier alpha value is 0.0700. The first-order chi connectivity index (χ1) is 6.74. The topological polar surface area (TPSA) is 32.3 Å². The van der Waals surface area contributed by atoms with Gasteiger partial charge < -0.3 is 5.32 Å². The van der Waals surface area contributed by atoms with E-state index in [1.165, 1.54) is 6.42 Å². The Balaban J connectivity index is 2.16. The molecule has 1 fully saturated rings. The van der Waals surface area contributed by atoms with Crippen molar-refractivity contribution in [3.8, 4) is 0 Å². The second-order valence-corrected chi connectivity index (χ2v) is 5.63. The molecule has 1 atom stereocenters. The maximum absolute atomic E-state index is 11.2. The molecule has 0 bridgehead atoms. The van der Waals surface area contributed by atoms with E-state index in [1.54, 1.807) is 0 Å². The van der Waals surface area contributed by atoms with Crippen molar-refractivity contribution in [2.75, 3.05) is 37.7 Å². The van der Waals surface area contributed by atoms with Gasteiger partial charge in [0, 0.05) is 48.0 Å². The average molecular weight is 218 g/mol. The molecule has 1 aliphatic heterocycles. The molecular weight excluding hydrogens is 196 g/mol. The van der Waals surface area contributed by atoms with Crippen molar-refractivity contribution < 1.29 is 4.21 Å². The molecule has 1 heterocycles. The van der Waals surface area contributed by atoms with Crippen LogP contribution < -0.4 is 5.32 Å². The first kappa shape index (κ1) is 12.1. The summed E-state index contributed by atoms with van der Waals surface area (Å²) in [5.41, 5.74) is 0. The number of nitrogens with zero attached hydrogens (tertiary/aromatic N) is 1. The molecule has 0 radical (unpaired) electrons. The van der Waals surface area contributed by atoms with Gasteiger partial charge in [-0.1, -0.05) is 6.92 Å². The molecular formula is C10H22N2OS. The number of hydrogen-bond donors (Lipinski definition) is 1. The fourth-order valence-electron chi connectivity index (χ4n) is 1.71. The molecule has 0 amide bonds. The van der Waals surface area contributed by atoms with Crippen LogP contribution >= 0.6 is 0 Å². The predicted octanol–water partition coefficient (Wildman–Crippen LogP) is 0.439. The minimum atomic E-state index is -0.547. The van der Waals surface area contributed by atoms with Crippen LogP contribution in [0.4, 0.5) is 0 Å². The maximum Gasteiger partial charge on any atom is 0.0363 e. The molecule has 84 valence electrons. The fourth-order valence-corrected chi connectivity index (χ4v) is 2.79. The van der Waals surface area contributed by atoms with E-state index in [1.807, 2.05) is 0 Å². The summed E-state index contributed by atoms with van der Waals surface area (Å²) in [6.45, 7) is 8.59. The summed E-state index contributed by atoms with van der Waals surface area (Å²) in [6, 6.07) is 0.582. The lowest BCUT2D eigenvalue weighted by molar-refractivity contribution is 0.223. The van der Waals surface area contributed by atoms with E-state index in [-0.39, 0.29) is 0 Å². The Morgan fingerprint density at radius 1 is 1.43 bits per heavy atom. The van der Waals surface area contributed by atoms with Gasteiger partial charge in [0.1, 0.15) is 0 Å². The highest BCUT2D eigenvalue weighted by atomic mass is 32.2. The van der Waals surface area contributed by atoms with Crippen LogP contribution in [0.1, 0.15) is 20.3 Å². The van der Waals surface area contributed by atoms with Crippen molar-refractivity contribution in [1.82, 2.24) is 10.2 Å². The van der Waals surface area contributed by atoms with Crippen LogP contribution in [-0.2, 0) is 10.8 Å². The Bertz CT molecular complexity index is 177. The van der Waals surface area contributed by atoms with Gasteiger partial charge in [-0.25, -0.2) is 0 Å². The first-order valence-corrected chi connectivity index (χ1v) is 7.02. The van der Waals surface area contributed by atoms with Gasteiger partial charge in [0.05, 0.1) is 0 Å². The van der Waals surface area contributed by atoms with Crippen LogP contribution in [0.5, 0.6) is 0 Å². The van der Waals surface area contributed by atoms with Gasteiger partial charge in [-0.3, -0.25) is 9.11 Å². The molecule has 3 nitrogen and oxygen atoms in total. The molecule has 0 aromatic rings. The summed E-state index contributed by atoms with van der Waals surface area (Å²) in [4.78, 5) is 2.43. The van der Waals surface area contributed by atoms with Crippen molar-refractivity contribution in [1.29, 1.82) is 0 Å². The molecule has 1 saturated heterocycles. The first-order valence-electron chi connectivity index (χ1n) is 5.53. The summed E-state index contributed by atoms with van der Waals surface area (Å²) < 4.78 is 11.2. The van der Waals surface area contributed by atoms with E-state index in [2.05, 4.69) is 24.1 Å². The molecule has 0 aromatic heterocycles. The number of nitrogens with one attached hydrogen (secondary N) is 1. The summed E-state index contributed by atoms with van der Waals surface area (Å²) in [6.07, 6.45) is 1.19. The smallest absolute Gasteiger partial charge is 0.0363 e.